The molecule has 0 aliphatic carbocycles. The summed E-state index contributed by atoms with van der Waals surface area (Å²) in [5.41, 5.74) is 2.39. The highest BCUT2D eigenvalue weighted by Gasteiger charge is 2.10. The van der Waals surface area contributed by atoms with Crippen LogP contribution in [-0.4, -0.2) is 42.0 Å². The van der Waals surface area contributed by atoms with Gasteiger partial charge >= 0.3 is 0 Å². The molecular formula is C17H21N5O3. The molecule has 0 spiro atoms. The van der Waals surface area contributed by atoms with Crippen LogP contribution in [0.15, 0.2) is 30.3 Å². The maximum atomic E-state index is 12.1. The molecule has 0 unspecified atom stereocenters. The number of hydrogen-bond acceptors (Lipinski definition) is 6. The summed E-state index contributed by atoms with van der Waals surface area (Å²) in [7, 11) is 1.57. The second kappa shape index (κ2) is 8.74. The Morgan fingerprint density at radius 2 is 1.80 bits per heavy atom. The first-order valence-electron chi connectivity index (χ1n) is 7.75. The topological polar surface area (TPSA) is 105 Å². The van der Waals surface area contributed by atoms with Crippen molar-refractivity contribution in [3.05, 3.63) is 41.7 Å². The number of nitrogens with one attached hydrogen (secondary N) is 3. The molecule has 2 rings (SSSR count). The molecule has 0 saturated carbocycles. The van der Waals surface area contributed by atoms with Crippen molar-refractivity contribution in [1.82, 2.24) is 15.3 Å². The Bertz CT molecular complexity index is 746. The van der Waals surface area contributed by atoms with Gasteiger partial charge in [0, 0.05) is 37.6 Å². The number of anilines is 3. The molecule has 0 aliphatic rings. The number of benzene rings is 1. The van der Waals surface area contributed by atoms with E-state index < -0.39 is 0 Å². The van der Waals surface area contributed by atoms with Crippen LogP contribution < -0.4 is 16.0 Å². The largest absolute Gasteiger partial charge is 0.383 e. The molecule has 1 aromatic heterocycles. The smallest absolute Gasteiger partial charge is 0.270 e. The van der Waals surface area contributed by atoms with Crippen molar-refractivity contribution in [2.75, 3.05) is 30.9 Å². The van der Waals surface area contributed by atoms with Gasteiger partial charge < -0.3 is 20.7 Å². The van der Waals surface area contributed by atoms with E-state index in [0.717, 1.165) is 5.69 Å². The van der Waals surface area contributed by atoms with Crippen molar-refractivity contribution in [2.24, 2.45) is 0 Å². The summed E-state index contributed by atoms with van der Waals surface area (Å²) in [5, 5.41) is 8.46. The minimum absolute atomic E-state index is 0.133. The zero-order valence-electron chi connectivity index (χ0n) is 14.4. The van der Waals surface area contributed by atoms with Gasteiger partial charge in [0.25, 0.3) is 5.91 Å². The van der Waals surface area contributed by atoms with Crippen molar-refractivity contribution in [2.45, 2.75) is 13.8 Å². The quantitative estimate of drug-likeness (QED) is 0.663. The van der Waals surface area contributed by atoms with Crippen LogP contribution in [-0.2, 0) is 9.53 Å². The number of ether oxygens (including phenoxy) is 1. The molecule has 2 amide bonds. The molecule has 8 nitrogen and oxygen atoms in total. The monoisotopic (exact) mass is 343 g/mol. The van der Waals surface area contributed by atoms with E-state index in [2.05, 4.69) is 25.9 Å². The maximum Gasteiger partial charge on any atom is 0.270 e. The van der Waals surface area contributed by atoms with Gasteiger partial charge in [0.2, 0.25) is 11.9 Å². The third kappa shape index (κ3) is 5.85. The standard InChI is InChI=1S/C17H21N5O3/c1-11-10-15(16(24)18-8-9-25-3)22-17(19-11)21-14-6-4-13(5-7-14)20-12(2)23/h4-7,10H,8-9H2,1-3H3,(H,18,24)(H,20,23)(H,19,21,22). The summed E-state index contributed by atoms with van der Waals surface area (Å²) in [5.74, 6) is -0.0948. The zero-order chi connectivity index (χ0) is 18.2. The SMILES string of the molecule is COCCNC(=O)c1cc(C)nc(Nc2ccc(NC(C)=O)cc2)n1. The summed E-state index contributed by atoms with van der Waals surface area (Å²) in [4.78, 5) is 31.6. The van der Waals surface area contributed by atoms with Gasteiger partial charge in [-0.1, -0.05) is 0 Å². The van der Waals surface area contributed by atoms with Crippen LogP contribution >= 0.6 is 0 Å². The highest BCUT2D eigenvalue weighted by molar-refractivity contribution is 5.92. The summed E-state index contributed by atoms with van der Waals surface area (Å²) < 4.78 is 4.90. The van der Waals surface area contributed by atoms with Crippen molar-refractivity contribution in [3.8, 4) is 0 Å². The normalized spacial score (nSPS) is 10.2. The Hall–Kier alpha value is -3.00. The van der Waals surface area contributed by atoms with Crippen LogP contribution in [0.2, 0.25) is 0 Å². The lowest BCUT2D eigenvalue weighted by Crippen LogP contribution is -2.28. The van der Waals surface area contributed by atoms with E-state index in [1.165, 1.54) is 6.92 Å². The number of carbonyl (C=O) groups is 2. The molecule has 0 atom stereocenters. The van der Waals surface area contributed by atoms with Gasteiger partial charge in [0.1, 0.15) is 5.69 Å². The highest BCUT2D eigenvalue weighted by atomic mass is 16.5. The number of carbonyl (C=O) groups excluding carboxylic acids is 2. The van der Waals surface area contributed by atoms with E-state index in [9.17, 15) is 9.59 Å². The summed E-state index contributed by atoms with van der Waals surface area (Å²) >= 11 is 0. The Morgan fingerprint density at radius 1 is 1.12 bits per heavy atom. The molecule has 0 bridgehead atoms. The van der Waals surface area contributed by atoms with Crippen LogP contribution in [0.25, 0.3) is 0 Å². The second-order valence-corrected chi connectivity index (χ2v) is 5.35. The molecule has 2 aromatic rings. The van der Waals surface area contributed by atoms with Crippen molar-refractivity contribution in [1.29, 1.82) is 0 Å². The van der Waals surface area contributed by atoms with Crippen molar-refractivity contribution >= 4 is 29.1 Å². The fraction of sp³-hybridized carbons (Fsp3) is 0.294. The molecular weight excluding hydrogens is 322 g/mol. The summed E-state index contributed by atoms with van der Waals surface area (Å²) in [6.45, 7) is 4.08. The molecule has 0 aliphatic heterocycles. The Labute approximate surface area is 146 Å². The number of amides is 2. The van der Waals surface area contributed by atoms with Gasteiger partial charge in [-0.3, -0.25) is 9.59 Å². The number of methoxy groups -OCH3 is 1. The van der Waals surface area contributed by atoms with Crippen LogP contribution in [0.1, 0.15) is 23.1 Å². The molecule has 1 aromatic carbocycles. The number of hydrogen-bond donors (Lipinski definition) is 3. The minimum atomic E-state index is -0.286. The molecule has 25 heavy (non-hydrogen) atoms. The van der Waals surface area contributed by atoms with E-state index in [1.54, 1.807) is 44.4 Å². The van der Waals surface area contributed by atoms with E-state index in [4.69, 9.17) is 4.74 Å². The molecule has 0 radical (unpaired) electrons. The van der Waals surface area contributed by atoms with Crippen LogP contribution in [0.5, 0.6) is 0 Å². The molecule has 1 heterocycles. The molecule has 3 N–H and O–H groups in total. The highest BCUT2D eigenvalue weighted by Crippen LogP contribution is 2.17. The second-order valence-electron chi connectivity index (χ2n) is 5.35. The Kier molecular flexibility index (Phi) is 6.41. The molecule has 8 heteroatoms. The zero-order valence-corrected chi connectivity index (χ0v) is 14.4. The average molecular weight is 343 g/mol. The summed E-state index contributed by atoms with van der Waals surface area (Å²) in [6, 6.07) is 8.72. The fourth-order valence-electron chi connectivity index (χ4n) is 2.07. The first-order valence-corrected chi connectivity index (χ1v) is 7.75. The minimum Gasteiger partial charge on any atom is -0.383 e. The van der Waals surface area contributed by atoms with E-state index in [1.807, 2.05) is 0 Å². The average Bonchev–Trinajstić information content (AvgIpc) is 2.56. The lowest BCUT2D eigenvalue weighted by Gasteiger charge is -2.09. The van der Waals surface area contributed by atoms with Crippen LogP contribution in [0, 0.1) is 6.92 Å². The molecule has 0 fully saturated rings. The number of aryl methyl sites for hydroxylation is 1. The van der Waals surface area contributed by atoms with Gasteiger partial charge in [0.05, 0.1) is 6.61 Å². The Balaban J connectivity index is 2.09. The number of nitrogens with zero attached hydrogens (tertiary/aromatic N) is 2. The van der Waals surface area contributed by atoms with Gasteiger partial charge in [-0.15, -0.1) is 0 Å². The molecule has 0 saturated heterocycles. The van der Waals surface area contributed by atoms with Gasteiger partial charge in [0.15, 0.2) is 0 Å². The summed E-state index contributed by atoms with van der Waals surface area (Å²) in [6.07, 6.45) is 0. The van der Waals surface area contributed by atoms with Gasteiger partial charge in [-0.2, -0.15) is 0 Å². The van der Waals surface area contributed by atoms with Gasteiger partial charge in [-0.25, -0.2) is 9.97 Å². The molecule has 132 valence electrons. The van der Waals surface area contributed by atoms with E-state index >= 15 is 0 Å². The van der Waals surface area contributed by atoms with Crippen molar-refractivity contribution in [3.63, 3.8) is 0 Å². The number of aromatic nitrogens is 2. The fourth-order valence-corrected chi connectivity index (χ4v) is 2.07. The first kappa shape index (κ1) is 18.3. The third-order valence-electron chi connectivity index (χ3n) is 3.14. The third-order valence-corrected chi connectivity index (χ3v) is 3.14. The first-order chi connectivity index (χ1) is 12.0. The predicted octanol–water partition coefficient (Wildman–Crippen LogP) is 1.86. The van der Waals surface area contributed by atoms with Crippen molar-refractivity contribution < 1.29 is 14.3 Å². The number of rotatable bonds is 7. The van der Waals surface area contributed by atoms with Crippen LogP contribution in [0.3, 0.4) is 0 Å². The van der Waals surface area contributed by atoms with Gasteiger partial charge in [-0.05, 0) is 37.3 Å². The lowest BCUT2D eigenvalue weighted by molar-refractivity contribution is -0.114. The van der Waals surface area contributed by atoms with E-state index in [-0.39, 0.29) is 17.5 Å². The van der Waals surface area contributed by atoms with Crippen LogP contribution in [0.4, 0.5) is 17.3 Å². The predicted molar refractivity (Wildman–Crippen MR) is 95.0 cm³/mol. The Morgan fingerprint density at radius 3 is 2.44 bits per heavy atom. The maximum absolute atomic E-state index is 12.1. The lowest BCUT2D eigenvalue weighted by atomic mass is 10.2. The van der Waals surface area contributed by atoms with E-state index in [0.29, 0.717) is 30.5 Å².